The summed E-state index contributed by atoms with van der Waals surface area (Å²) in [5, 5.41) is 4.64. The number of aryl methyl sites for hydroxylation is 2. The van der Waals surface area contributed by atoms with E-state index >= 15 is 0 Å². The van der Waals surface area contributed by atoms with Crippen LogP contribution >= 0.6 is 23.2 Å². The number of sulfonamides is 1. The maximum Gasteiger partial charge on any atom is 0.264 e. The van der Waals surface area contributed by atoms with Crippen molar-refractivity contribution in [3.63, 3.8) is 0 Å². The van der Waals surface area contributed by atoms with Crippen molar-refractivity contribution >= 4 is 55.9 Å². The topological polar surface area (TPSA) is 100 Å². The average molecular weight is 614 g/mol. The summed E-state index contributed by atoms with van der Waals surface area (Å²) >= 11 is 12.2. The van der Waals surface area contributed by atoms with E-state index in [0.717, 1.165) is 46.9 Å². The number of anilines is 2. The molecule has 0 amide bonds. The number of pyridine rings is 1. The van der Waals surface area contributed by atoms with Crippen LogP contribution in [0.2, 0.25) is 10.0 Å². The number of nitrogens with one attached hydrogen (secondary N) is 2. The molecule has 0 bridgehead atoms. The van der Waals surface area contributed by atoms with Gasteiger partial charge in [0.1, 0.15) is 10.7 Å². The van der Waals surface area contributed by atoms with E-state index in [2.05, 4.69) is 58.1 Å². The molecule has 5 rings (SSSR count). The number of halogens is 2. The molecule has 0 radical (unpaired) electrons. The second-order valence-corrected chi connectivity index (χ2v) is 13.2. The van der Waals surface area contributed by atoms with Crippen LogP contribution < -0.4 is 10.0 Å². The largest absolute Gasteiger partial charge is 0.351 e. The zero-order valence-corrected chi connectivity index (χ0v) is 25.9. The minimum absolute atomic E-state index is 0.0319. The first-order chi connectivity index (χ1) is 19.6. The van der Waals surface area contributed by atoms with Gasteiger partial charge in [0.15, 0.2) is 0 Å². The Morgan fingerprint density at radius 3 is 2.46 bits per heavy atom. The van der Waals surface area contributed by atoms with Crippen molar-refractivity contribution in [1.29, 1.82) is 0 Å². The van der Waals surface area contributed by atoms with E-state index in [1.165, 1.54) is 31.0 Å². The van der Waals surface area contributed by atoms with Crippen LogP contribution in [0.3, 0.4) is 0 Å². The summed E-state index contributed by atoms with van der Waals surface area (Å²) in [5.41, 5.74) is 4.59. The fourth-order valence-electron chi connectivity index (χ4n) is 5.44. The fourth-order valence-corrected chi connectivity index (χ4v) is 7.20. The monoisotopic (exact) mass is 612 g/mol. The predicted molar refractivity (Wildman–Crippen MR) is 168 cm³/mol. The number of hydrogen-bond donors (Lipinski definition) is 2. The summed E-state index contributed by atoms with van der Waals surface area (Å²) in [6.07, 6.45) is 7.23. The van der Waals surface area contributed by atoms with Crippen molar-refractivity contribution in [2.75, 3.05) is 24.1 Å². The molecule has 1 aliphatic carbocycles. The van der Waals surface area contributed by atoms with E-state index in [1.807, 2.05) is 19.2 Å². The summed E-state index contributed by atoms with van der Waals surface area (Å²) in [6.45, 7) is 3.96. The van der Waals surface area contributed by atoms with E-state index < -0.39 is 10.0 Å². The molecular weight excluding hydrogens is 579 g/mol. The Kier molecular flexibility index (Phi) is 8.70. The average Bonchev–Trinajstić information content (AvgIpc) is 2.94. The van der Waals surface area contributed by atoms with E-state index in [1.54, 1.807) is 6.07 Å². The lowest BCUT2D eigenvalue weighted by Crippen LogP contribution is -2.36. The SMILES string of the molecule is CCc1cc(-c2ccc(NS(=O)(=O)c3cccc(Cl)c3Cl)nc2C)cc2cnc(NC3CCC(N(C)C)CC3)nc12. The van der Waals surface area contributed by atoms with E-state index in [4.69, 9.17) is 28.2 Å². The zero-order chi connectivity index (χ0) is 29.3. The van der Waals surface area contributed by atoms with Crippen LogP contribution in [0.4, 0.5) is 11.8 Å². The first-order valence-corrected chi connectivity index (χ1v) is 16.0. The molecule has 1 fully saturated rings. The Balaban J connectivity index is 1.38. The molecule has 1 aliphatic rings. The first kappa shape index (κ1) is 29.5. The number of fused-ring (bicyclic) bond motifs is 1. The lowest BCUT2D eigenvalue weighted by molar-refractivity contribution is 0.221. The highest BCUT2D eigenvalue weighted by Gasteiger charge is 2.23. The molecule has 41 heavy (non-hydrogen) atoms. The van der Waals surface area contributed by atoms with Crippen LogP contribution in [-0.2, 0) is 16.4 Å². The fraction of sp³-hybridized carbons (Fsp3) is 0.367. The molecule has 2 N–H and O–H groups in total. The Morgan fingerprint density at radius 1 is 1.02 bits per heavy atom. The number of rotatable bonds is 8. The molecule has 0 unspecified atom stereocenters. The Labute approximate surface area is 251 Å². The third kappa shape index (κ3) is 6.43. The number of aromatic nitrogens is 3. The molecule has 0 spiro atoms. The molecule has 2 aromatic heterocycles. The molecular formula is C30H34Cl2N6O2S. The molecule has 0 aliphatic heterocycles. The molecule has 0 atom stereocenters. The summed E-state index contributed by atoms with van der Waals surface area (Å²) < 4.78 is 28.4. The normalized spacial score (nSPS) is 17.6. The number of nitrogens with zero attached hydrogens (tertiary/aromatic N) is 4. The summed E-state index contributed by atoms with van der Waals surface area (Å²) in [4.78, 5) is 16.3. The Hall–Kier alpha value is -2.98. The second-order valence-electron chi connectivity index (χ2n) is 10.7. The van der Waals surface area contributed by atoms with Gasteiger partial charge in [-0.1, -0.05) is 36.2 Å². The highest BCUT2D eigenvalue weighted by atomic mass is 35.5. The molecule has 2 aromatic carbocycles. The van der Waals surface area contributed by atoms with Gasteiger partial charge < -0.3 is 10.2 Å². The first-order valence-electron chi connectivity index (χ1n) is 13.7. The van der Waals surface area contributed by atoms with Gasteiger partial charge in [-0.05, 0) is 101 Å². The number of hydrogen-bond acceptors (Lipinski definition) is 7. The third-order valence-corrected chi connectivity index (χ3v) is 10.1. The van der Waals surface area contributed by atoms with Gasteiger partial charge in [0.25, 0.3) is 10.0 Å². The molecule has 4 aromatic rings. The zero-order valence-electron chi connectivity index (χ0n) is 23.6. The molecule has 2 heterocycles. The highest BCUT2D eigenvalue weighted by Crippen LogP contribution is 2.33. The van der Waals surface area contributed by atoms with Gasteiger partial charge in [0, 0.05) is 34.9 Å². The van der Waals surface area contributed by atoms with Gasteiger partial charge in [-0.25, -0.2) is 23.4 Å². The minimum Gasteiger partial charge on any atom is -0.351 e. The van der Waals surface area contributed by atoms with Gasteiger partial charge in [-0.3, -0.25) is 4.72 Å². The van der Waals surface area contributed by atoms with Gasteiger partial charge in [0.05, 0.1) is 15.6 Å². The highest BCUT2D eigenvalue weighted by molar-refractivity contribution is 7.92. The summed E-state index contributed by atoms with van der Waals surface area (Å²) in [5.74, 6) is 0.861. The minimum atomic E-state index is -3.98. The van der Waals surface area contributed by atoms with Crippen LogP contribution in [0.15, 0.2) is 53.6 Å². The van der Waals surface area contributed by atoms with Gasteiger partial charge in [-0.15, -0.1) is 0 Å². The van der Waals surface area contributed by atoms with Gasteiger partial charge in [0.2, 0.25) is 5.95 Å². The van der Waals surface area contributed by atoms with Crippen molar-refractivity contribution < 1.29 is 8.42 Å². The smallest absolute Gasteiger partial charge is 0.264 e. The van der Waals surface area contributed by atoms with Crippen molar-refractivity contribution in [1.82, 2.24) is 19.9 Å². The lowest BCUT2D eigenvalue weighted by atomic mass is 9.90. The molecule has 216 valence electrons. The second kappa shape index (κ2) is 12.1. The molecule has 1 saturated carbocycles. The van der Waals surface area contributed by atoms with Gasteiger partial charge >= 0.3 is 0 Å². The van der Waals surface area contributed by atoms with Gasteiger partial charge in [-0.2, -0.15) is 0 Å². The van der Waals surface area contributed by atoms with Crippen LogP contribution in [0, 0.1) is 6.92 Å². The van der Waals surface area contributed by atoms with Crippen molar-refractivity contribution in [2.45, 2.75) is 62.9 Å². The van der Waals surface area contributed by atoms with Crippen LogP contribution in [-0.4, -0.2) is 54.4 Å². The van der Waals surface area contributed by atoms with E-state index in [-0.39, 0.29) is 20.8 Å². The molecule has 11 heteroatoms. The predicted octanol–water partition coefficient (Wildman–Crippen LogP) is 6.95. The molecule has 8 nitrogen and oxygen atoms in total. The van der Waals surface area contributed by atoms with Crippen molar-refractivity contribution in [3.8, 4) is 11.1 Å². The van der Waals surface area contributed by atoms with E-state index in [9.17, 15) is 8.42 Å². The van der Waals surface area contributed by atoms with Crippen LogP contribution in [0.1, 0.15) is 43.9 Å². The van der Waals surface area contributed by atoms with Crippen molar-refractivity contribution in [3.05, 3.63) is 70.0 Å². The van der Waals surface area contributed by atoms with Crippen LogP contribution in [0.5, 0.6) is 0 Å². The maximum atomic E-state index is 13.0. The Morgan fingerprint density at radius 2 is 1.78 bits per heavy atom. The third-order valence-electron chi connectivity index (χ3n) is 7.74. The summed E-state index contributed by atoms with van der Waals surface area (Å²) in [7, 11) is 0.326. The van der Waals surface area contributed by atoms with Crippen LogP contribution in [0.25, 0.3) is 22.0 Å². The standard InChI is InChI=1S/C30H34Cl2N6O2S/c1-5-19-15-20(16-21-17-33-30(36-29(19)21)35-22-9-11-23(12-10-22)38(3)4)24-13-14-27(34-18(24)2)37-41(39,40)26-8-6-7-25(31)28(26)32/h6-8,13-17,22-23H,5,9-12H2,1-4H3,(H,34,37)(H,33,35,36). The lowest BCUT2D eigenvalue weighted by Gasteiger charge is -2.33. The van der Waals surface area contributed by atoms with E-state index in [0.29, 0.717) is 23.7 Å². The Bertz CT molecular complexity index is 1690. The quantitative estimate of drug-likeness (QED) is 0.222. The number of benzene rings is 2. The molecule has 0 saturated heterocycles. The summed E-state index contributed by atoms with van der Waals surface area (Å²) in [6, 6.07) is 13.2. The van der Waals surface area contributed by atoms with Crippen molar-refractivity contribution in [2.24, 2.45) is 0 Å². The maximum absolute atomic E-state index is 13.0.